The highest BCUT2D eigenvalue weighted by Crippen LogP contribution is 2.34. The van der Waals surface area contributed by atoms with Crippen molar-refractivity contribution in [3.05, 3.63) is 90.8 Å². The number of anilines is 2. The van der Waals surface area contributed by atoms with Gasteiger partial charge in [-0.25, -0.2) is 12.8 Å². The Kier molecular flexibility index (Phi) is 7.73. The van der Waals surface area contributed by atoms with Crippen LogP contribution in [-0.4, -0.2) is 46.5 Å². The number of benzene rings is 3. The van der Waals surface area contributed by atoms with E-state index in [9.17, 15) is 22.4 Å². The largest absolute Gasteiger partial charge is 0.486 e. The van der Waals surface area contributed by atoms with E-state index >= 15 is 0 Å². The summed E-state index contributed by atoms with van der Waals surface area (Å²) in [5, 5.41) is 5.24. The van der Waals surface area contributed by atoms with Gasteiger partial charge in [0.25, 0.3) is 15.9 Å². The monoisotopic (exact) mass is 525 g/mol. The lowest BCUT2D eigenvalue weighted by Crippen LogP contribution is -2.38. The number of para-hydroxylation sites is 1. The lowest BCUT2D eigenvalue weighted by Gasteiger charge is -2.25. The minimum atomic E-state index is -4.30. The van der Waals surface area contributed by atoms with E-state index < -0.39 is 34.2 Å². The van der Waals surface area contributed by atoms with E-state index in [0.29, 0.717) is 12.4 Å². The molecule has 37 heavy (non-hydrogen) atoms. The molecule has 11 heteroatoms. The lowest BCUT2D eigenvalue weighted by molar-refractivity contribution is -0.114. The van der Waals surface area contributed by atoms with Crippen LogP contribution >= 0.6 is 0 Å². The molecule has 1 heterocycles. The van der Waals surface area contributed by atoms with Crippen molar-refractivity contribution in [2.24, 2.45) is 0 Å². The molecule has 0 radical (unpaired) electrons. The van der Waals surface area contributed by atoms with Gasteiger partial charge in [-0.1, -0.05) is 18.2 Å². The molecular formula is C26H24FN3O6S. The number of hydrogen-bond donors (Lipinski definition) is 2. The highest BCUT2D eigenvalue weighted by Gasteiger charge is 2.29. The van der Waals surface area contributed by atoms with Gasteiger partial charge in [0.05, 0.1) is 21.8 Å². The van der Waals surface area contributed by atoms with Crippen LogP contribution in [0.2, 0.25) is 0 Å². The molecule has 1 aliphatic heterocycles. The van der Waals surface area contributed by atoms with Crippen LogP contribution in [0.5, 0.6) is 11.5 Å². The Morgan fingerprint density at radius 2 is 1.70 bits per heavy atom. The maximum Gasteiger partial charge on any atom is 0.264 e. The summed E-state index contributed by atoms with van der Waals surface area (Å²) in [7, 11) is -4.30. The SMILES string of the molecule is C=CCNC(=O)c1ccccc1NC(=O)CN(c1ccc(F)cc1)S(=O)(=O)c1ccc2c(c1)OCCO2. The van der Waals surface area contributed by atoms with E-state index in [1.165, 1.54) is 48.5 Å². The van der Waals surface area contributed by atoms with Crippen LogP contribution in [0.1, 0.15) is 10.4 Å². The Labute approximate surface area is 213 Å². The molecule has 2 N–H and O–H groups in total. The van der Waals surface area contributed by atoms with E-state index in [1.54, 1.807) is 12.1 Å². The smallest absolute Gasteiger partial charge is 0.264 e. The summed E-state index contributed by atoms with van der Waals surface area (Å²) in [5.41, 5.74) is 0.467. The van der Waals surface area contributed by atoms with Crippen molar-refractivity contribution < 1.29 is 31.9 Å². The number of amides is 2. The summed E-state index contributed by atoms with van der Waals surface area (Å²) < 4.78 is 52.7. The fourth-order valence-electron chi connectivity index (χ4n) is 3.60. The van der Waals surface area contributed by atoms with Gasteiger partial charge < -0.3 is 20.1 Å². The van der Waals surface area contributed by atoms with Crippen LogP contribution in [0.25, 0.3) is 0 Å². The quantitative estimate of drug-likeness (QED) is 0.414. The van der Waals surface area contributed by atoms with Crippen LogP contribution in [0.15, 0.2) is 84.3 Å². The zero-order valence-corrected chi connectivity index (χ0v) is 20.5. The Bertz CT molecular complexity index is 1430. The normalized spacial score (nSPS) is 12.4. The zero-order valence-electron chi connectivity index (χ0n) is 19.6. The van der Waals surface area contributed by atoms with E-state index in [0.717, 1.165) is 16.4 Å². The summed E-state index contributed by atoms with van der Waals surface area (Å²) in [6.45, 7) is 3.74. The number of halogens is 1. The first kappa shape index (κ1) is 25.7. The summed E-state index contributed by atoms with van der Waals surface area (Å²) in [4.78, 5) is 25.4. The van der Waals surface area contributed by atoms with Crippen molar-refractivity contribution in [2.45, 2.75) is 4.90 Å². The third-order valence-electron chi connectivity index (χ3n) is 5.36. The van der Waals surface area contributed by atoms with Crippen molar-refractivity contribution in [1.82, 2.24) is 5.32 Å². The maximum absolute atomic E-state index is 13.7. The maximum atomic E-state index is 13.7. The number of carbonyl (C=O) groups is 2. The number of fused-ring (bicyclic) bond motifs is 1. The van der Waals surface area contributed by atoms with E-state index in [1.807, 2.05) is 0 Å². The van der Waals surface area contributed by atoms with Crippen LogP contribution in [0, 0.1) is 5.82 Å². The molecule has 3 aromatic rings. The molecule has 2 amide bonds. The fraction of sp³-hybridized carbons (Fsp3) is 0.154. The molecular weight excluding hydrogens is 501 g/mol. The average molecular weight is 526 g/mol. The first-order chi connectivity index (χ1) is 17.8. The standard InChI is InChI=1S/C26H24FN3O6S/c1-2-13-28-26(32)21-5-3-4-6-22(21)29-25(31)17-30(19-9-7-18(27)8-10-19)37(33,34)20-11-12-23-24(16-20)36-15-14-35-23/h2-12,16H,1,13-15,17H2,(H,28,32)(H,29,31). The van der Waals surface area contributed by atoms with Crippen LogP contribution in [0.4, 0.5) is 15.8 Å². The number of ether oxygens (including phenoxy) is 2. The lowest BCUT2D eigenvalue weighted by atomic mass is 10.1. The number of nitrogens with one attached hydrogen (secondary N) is 2. The summed E-state index contributed by atoms with van der Waals surface area (Å²) in [6.07, 6.45) is 1.52. The molecule has 0 aromatic heterocycles. The van der Waals surface area contributed by atoms with E-state index in [-0.39, 0.29) is 40.7 Å². The third kappa shape index (κ3) is 5.89. The van der Waals surface area contributed by atoms with Gasteiger partial charge in [0.15, 0.2) is 11.5 Å². The van der Waals surface area contributed by atoms with Gasteiger partial charge in [-0.15, -0.1) is 6.58 Å². The minimum Gasteiger partial charge on any atom is -0.486 e. The molecule has 0 fully saturated rings. The molecule has 0 spiro atoms. The average Bonchev–Trinajstić information content (AvgIpc) is 2.91. The third-order valence-corrected chi connectivity index (χ3v) is 7.13. The molecule has 0 atom stereocenters. The second-order valence-corrected chi connectivity index (χ2v) is 9.75. The first-order valence-electron chi connectivity index (χ1n) is 11.3. The number of carbonyl (C=O) groups excluding carboxylic acids is 2. The van der Waals surface area contributed by atoms with Crippen molar-refractivity contribution >= 4 is 33.2 Å². The molecule has 0 saturated carbocycles. The van der Waals surface area contributed by atoms with Gasteiger partial charge in [0.2, 0.25) is 5.91 Å². The Morgan fingerprint density at radius 1 is 1.00 bits per heavy atom. The molecule has 0 saturated heterocycles. The molecule has 4 rings (SSSR count). The Hall–Kier alpha value is -4.38. The van der Waals surface area contributed by atoms with Gasteiger partial charge in [-0.05, 0) is 48.5 Å². The molecule has 1 aliphatic rings. The predicted molar refractivity (Wildman–Crippen MR) is 136 cm³/mol. The van der Waals surface area contributed by atoms with Crippen molar-refractivity contribution in [2.75, 3.05) is 35.9 Å². The molecule has 0 aliphatic carbocycles. The highest BCUT2D eigenvalue weighted by molar-refractivity contribution is 7.92. The van der Waals surface area contributed by atoms with Gasteiger partial charge in [-0.2, -0.15) is 0 Å². The molecule has 192 valence electrons. The summed E-state index contributed by atoms with van der Waals surface area (Å²) in [6, 6.07) is 15.2. The summed E-state index contributed by atoms with van der Waals surface area (Å²) in [5.74, 6) is -1.05. The number of nitrogens with zero attached hydrogens (tertiary/aromatic N) is 1. The second-order valence-electron chi connectivity index (χ2n) is 7.89. The van der Waals surface area contributed by atoms with Gasteiger partial charge in [0, 0.05) is 12.6 Å². The minimum absolute atomic E-state index is 0.0726. The van der Waals surface area contributed by atoms with Gasteiger partial charge in [-0.3, -0.25) is 13.9 Å². The van der Waals surface area contributed by atoms with Gasteiger partial charge in [0.1, 0.15) is 25.6 Å². The van der Waals surface area contributed by atoms with Gasteiger partial charge >= 0.3 is 0 Å². The van der Waals surface area contributed by atoms with Crippen LogP contribution in [-0.2, 0) is 14.8 Å². The number of sulfonamides is 1. The van der Waals surface area contributed by atoms with Crippen LogP contribution in [0.3, 0.4) is 0 Å². The first-order valence-corrected chi connectivity index (χ1v) is 12.7. The topological polar surface area (TPSA) is 114 Å². The van der Waals surface area contributed by atoms with E-state index in [4.69, 9.17) is 9.47 Å². The van der Waals surface area contributed by atoms with Crippen molar-refractivity contribution in [3.63, 3.8) is 0 Å². The highest BCUT2D eigenvalue weighted by atomic mass is 32.2. The number of rotatable bonds is 9. The predicted octanol–water partition coefficient (Wildman–Crippen LogP) is 3.35. The van der Waals surface area contributed by atoms with E-state index in [2.05, 4.69) is 17.2 Å². The number of hydrogen-bond acceptors (Lipinski definition) is 6. The molecule has 9 nitrogen and oxygen atoms in total. The van der Waals surface area contributed by atoms with Crippen molar-refractivity contribution in [1.29, 1.82) is 0 Å². The molecule has 0 unspecified atom stereocenters. The zero-order chi connectivity index (χ0) is 26.4. The van der Waals surface area contributed by atoms with Crippen LogP contribution < -0.4 is 24.4 Å². The Balaban J connectivity index is 1.64. The molecule has 3 aromatic carbocycles. The van der Waals surface area contributed by atoms with Crippen molar-refractivity contribution in [3.8, 4) is 11.5 Å². The molecule has 0 bridgehead atoms. The fourth-order valence-corrected chi connectivity index (χ4v) is 5.04. The summed E-state index contributed by atoms with van der Waals surface area (Å²) >= 11 is 0. The second kappa shape index (κ2) is 11.1. The Morgan fingerprint density at radius 3 is 2.43 bits per heavy atom.